The third-order valence-electron chi connectivity index (χ3n) is 23.6. The van der Waals surface area contributed by atoms with Gasteiger partial charge in [-0.15, -0.1) is 0 Å². The molecule has 0 aliphatic carbocycles. The molecule has 0 bridgehead atoms. The Bertz CT molecular complexity index is 7480. The fraction of sp³-hybridized carbons (Fsp3) is 0.404. The number of rotatable bonds is 21. The van der Waals surface area contributed by atoms with E-state index in [1.165, 1.54) is 0 Å². The second-order valence-electron chi connectivity index (χ2n) is 38.5. The van der Waals surface area contributed by atoms with Crippen LogP contribution >= 0.6 is 0 Å². The molecule has 0 aromatic carbocycles. The average Bonchev–Trinajstić information content (AvgIpc) is 1.63. The van der Waals surface area contributed by atoms with Crippen LogP contribution in [0.4, 0.5) is 34.1 Å². The number of nitrogens with two attached hydrogens (primary N) is 5. The number of anilines is 5. The third kappa shape index (κ3) is 29.3. The predicted octanol–water partition coefficient (Wildman–Crippen LogP) is 13.6. The van der Waals surface area contributed by atoms with E-state index in [4.69, 9.17) is 47.6 Å². The van der Waals surface area contributed by atoms with Gasteiger partial charge in [0.25, 0.3) is 0 Å². The van der Waals surface area contributed by atoms with Gasteiger partial charge in [-0.3, -0.25) is 0 Å². The highest BCUT2D eigenvalue weighted by Crippen LogP contribution is 2.40. The van der Waals surface area contributed by atoms with Crippen molar-refractivity contribution in [1.82, 2.24) is 102 Å². The number of hydrogen-bond acceptors (Lipinski definition) is 30. The van der Waals surface area contributed by atoms with Gasteiger partial charge in [0.2, 0.25) is 29.7 Å². The van der Waals surface area contributed by atoms with E-state index < -0.39 is 33.8 Å². The van der Waals surface area contributed by atoms with Crippen LogP contribution < -0.4 is 28.7 Å². The van der Waals surface area contributed by atoms with Crippen LogP contribution in [-0.2, 0) is 45.1 Å². The number of nitrogen functional groups attached to an aromatic ring is 5. The maximum absolute atomic E-state index is 14.7. The molecule has 17 heterocycles. The van der Waals surface area contributed by atoms with E-state index in [-0.39, 0.29) is 41.5 Å². The van der Waals surface area contributed by atoms with Gasteiger partial charge in [0.05, 0.1) is 87.0 Å². The molecule has 17 rings (SSSR count). The molecule has 2 aliphatic heterocycles. The monoisotopic (exact) mass is 1970 g/mol. The normalized spacial score (nSPS) is 13.2. The molecule has 2 fully saturated rings. The van der Waals surface area contributed by atoms with Crippen LogP contribution in [0, 0.1) is 98.6 Å². The molecular formula is C109H129FN26O9. The Morgan fingerprint density at radius 1 is 0.407 bits per heavy atom. The number of piperidine rings is 1. The number of methoxy groups -OCH3 is 3. The molecule has 0 radical (unpaired) electrons. The first-order valence-electron chi connectivity index (χ1n) is 48.1. The number of halogens is 1. The predicted molar refractivity (Wildman–Crippen MR) is 564 cm³/mol. The summed E-state index contributed by atoms with van der Waals surface area (Å²) in [6, 6.07) is 13.6. The topological polar surface area (TPSA) is 489 Å². The second kappa shape index (κ2) is 47.1. The molecule has 0 saturated carbocycles. The van der Waals surface area contributed by atoms with E-state index in [2.05, 4.69) is 193 Å². The van der Waals surface area contributed by atoms with Crippen molar-refractivity contribution in [3.63, 3.8) is 0 Å². The van der Waals surface area contributed by atoms with E-state index in [0.29, 0.717) is 59.8 Å². The van der Waals surface area contributed by atoms with E-state index in [9.17, 15) is 29.9 Å². The smallest absolute Gasteiger partial charge is 0.220 e. The second-order valence-corrected chi connectivity index (χ2v) is 38.5. The zero-order valence-electron chi connectivity index (χ0n) is 85.7. The Labute approximate surface area is 844 Å². The van der Waals surface area contributed by atoms with E-state index >= 15 is 0 Å². The summed E-state index contributed by atoms with van der Waals surface area (Å²) in [5, 5.41) is 54.2. The van der Waals surface area contributed by atoms with Crippen molar-refractivity contribution in [3.05, 3.63) is 180 Å². The number of ether oxygens (including phenoxy) is 4. The first-order chi connectivity index (χ1) is 68.9. The molecule has 36 heteroatoms. The van der Waals surface area contributed by atoms with Crippen molar-refractivity contribution in [1.29, 1.82) is 0 Å². The van der Waals surface area contributed by atoms with Crippen LogP contribution in [0.1, 0.15) is 178 Å². The molecule has 2 aliphatic rings. The number of nitrogens with zero attached hydrogens (tertiary/aromatic N) is 21. The van der Waals surface area contributed by atoms with Crippen LogP contribution in [0.3, 0.4) is 0 Å². The minimum atomic E-state index is -1.13. The van der Waals surface area contributed by atoms with E-state index in [1.54, 1.807) is 128 Å². The Balaban J connectivity index is 0.000000152. The van der Waals surface area contributed by atoms with Gasteiger partial charge in [-0.1, -0.05) is 36.5 Å². The molecule has 0 amide bonds. The lowest BCUT2D eigenvalue weighted by molar-refractivity contribution is 0.0616. The largest absolute Gasteiger partial charge is 0.385 e. The molecular weight excluding hydrogens is 1840 g/mol. The summed E-state index contributed by atoms with van der Waals surface area (Å²) in [7, 11) is 5.09. The highest BCUT2D eigenvalue weighted by molar-refractivity contribution is 6.00. The number of fused-ring (bicyclic) bond motifs is 5. The first-order valence-corrected chi connectivity index (χ1v) is 48.1. The lowest BCUT2D eigenvalue weighted by atomic mass is 10.0. The summed E-state index contributed by atoms with van der Waals surface area (Å²) in [5.74, 6) is 29.8. The van der Waals surface area contributed by atoms with E-state index in [0.717, 1.165) is 232 Å². The van der Waals surface area contributed by atoms with Gasteiger partial charge in [0.15, 0.2) is 5.82 Å². The van der Waals surface area contributed by atoms with Crippen molar-refractivity contribution in [2.75, 3.05) is 103 Å². The Hall–Kier alpha value is -14.8. The van der Waals surface area contributed by atoms with Crippen LogP contribution in [0.15, 0.2) is 123 Å². The third-order valence-corrected chi connectivity index (χ3v) is 23.6. The fourth-order valence-electron chi connectivity index (χ4n) is 16.8. The Kier molecular flexibility index (Phi) is 34.9. The molecule has 0 atom stereocenters. The summed E-state index contributed by atoms with van der Waals surface area (Å²) < 4.78 is 46.6. The van der Waals surface area contributed by atoms with Crippen LogP contribution in [0.25, 0.3) is 111 Å². The van der Waals surface area contributed by atoms with Gasteiger partial charge in [-0.25, -0.2) is 79.2 Å². The summed E-state index contributed by atoms with van der Waals surface area (Å²) in [6.07, 6.45) is 30.4. The molecule has 15 N–H and O–H groups in total. The zero-order chi connectivity index (χ0) is 104. The van der Waals surface area contributed by atoms with Crippen molar-refractivity contribution in [3.8, 4) is 115 Å². The maximum atomic E-state index is 14.7. The van der Waals surface area contributed by atoms with Crippen molar-refractivity contribution < 1.29 is 48.9 Å². The minimum Gasteiger partial charge on any atom is -0.385 e. The summed E-state index contributed by atoms with van der Waals surface area (Å²) in [4.78, 5) is 66.9. The highest BCUT2D eigenvalue weighted by Gasteiger charge is 2.28. The van der Waals surface area contributed by atoms with Gasteiger partial charge >= 0.3 is 0 Å². The number of likely N-dealkylation sites (tertiary alicyclic amines) is 1. The van der Waals surface area contributed by atoms with E-state index in [1.807, 2.05) is 82.6 Å². The van der Waals surface area contributed by atoms with Crippen molar-refractivity contribution >= 4 is 84.3 Å². The minimum absolute atomic E-state index is 0.0182. The number of aryl methyl sites for hydroxylation is 7. The fourth-order valence-corrected chi connectivity index (χ4v) is 16.8. The lowest BCUT2D eigenvalue weighted by Crippen LogP contribution is -2.34. The zero-order valence-corrected chi connectivity index (χ0v) is 85.7. The number of pyridine rings is 5. The summed E-state index contributed by atoms with van der Waals surface area (Å²) in [6.45, 7) is 36.4. The highest BCUT2D eigenvalue weighted by atomic mass is 19.1. The summed E-state index contributed by atoms with van der Waals surface area (Å²) >= 11 is 0. The van der Waals surface area contributed by atoms with Gasteiger partial charge in [0.1, 0.15) is 62.2 Å². The van der Waals surface area contributed by atoms with Gasteiger partial charge in [-0.05, 0) is 238 Å². The van der Waals surface area contributed by atoms with Crippen molar-refractivity contribution in [2.45, 2.75) is 209 Å². The lowest BCUT2D eigenvalue weighted by Gasteiger charge is -2.32. The molecule has 2 saturated heterocycles. The van der Waals surface area contributed by atoms with Crippen LogP contribution in [0.5, 0.6) is 0 Å². The van der Waals surface area contributed by atoms with Gasteiger partial charge in [-0.2, -0.15) is 0 Å². The SMILES string of the molecule is CCN1CCC(n2cc(-c3nc(N)ncc3F)c3cc(C#CC(C)(C)O)ncc32)CC1.COCCCn1cc(-c2cc(C)nc(N)n2)c2cc(C#CC(C)(C)O)ncc21.COCCCn1cc(-c2ccnc(N)n2)c2cc(C#CC(C)(C)O)nc(C)c21.COCCCn1cc(-c2nc(N)ncc2C)c2cc(C#CC(C)(C)O)ncc21.Cc1cnc(N)nc1-c1cn(CC2CCOCC2)c2cnc(C#CC(C)(C)O)cc12. The molecule has 0 spiro atoms. The van der Waals surface area contributed by atoms with Gasteiger partial charge < -0.3 is 101 Å². The molecule has 145 heavy (non-hydrogen) atoms. The molecule has 35 nitrogen and oxygen atoms in total. The standard InChI is InChI=1S/C23H27FN6O.C23H27N5O2.3C21H25N5O2/c1-4-29-9-6-16(7-10-29)30-14-18(21-19(24)12-27-22(25)28-21)17-11-15(26-13-20(17)30)5-8-23(2,3)31;1-15-11-26-22(24)27-21(15)19-14-28(13-16-5-8-30-9-6-16)20-12-25-17(10-18(19)20)4-7-23(2,3)29;1-14-19-16(12-15(24-14)6-8-21(2,3)27)17(13-26(19)10-5-11-28-4)18-7-9-23-20(22)25-18;1-14-11-24-20(22)25-19(14)17-13-26(8-5-9-28-4)18-12-23-15(10-16(17)18)6-7-21(2,3)27;1-14-10-18(25-20(22)24-14)17-13-26(8-5-9-28-4)19-12-23-15(11-16(17)19)6-7-21(2,3)27/h11-14,16,31H,4,6-7,9-10H2,1-3H3,(H2,25,27,28);10-12,14,16,29H,5-6,8-9,13H2,1-3H3,(H2,24,26,27);7,9,12-13,27H,5,10-11H2,1-4H3,(H2,22,23,25);2*10-13,27H,5,8-9H2,1-4H3,(H2,22,24,25). The van der Waals surface area contributed by atoms with Crippen LogP contribution in [0.2, 0.25) is 0 Å². The number of hydrogen-bond donors (Lipinski definition) is 10. The molecule has 756 valence electrons. The number of aromatic nitrogens is 20. The summed E-state index contributed by atoms with van der Waals surface area (Å²) in [5.41, 5.74) is 42.7. The molecule has 15 aromatic heterocycles. The molecule has 0 unspecified atom stereocenters. The van der Waals surface area contributed by atoms with Crippen LogP contribution in [-0.4, -0.2) is 230 Å². The van der Waals surface area contributed by atoms with Gasteiger partial charge in [0, 0.05) is 210 Å². The Morgan fingerprint density at radius 2 is 0.793 bits per heavy atom. The maximum Gasteiger partial charge on any atom is 0.220 e. The quantitative estimate of drug-likeness (QED) is 0.0236. The average molecular weight is 1970 g/mol. The molecule has 15 aromatic rings. The number of aliphatic hydroxyl groups is 5. The first kappa shape index (κ1) is 107. The Morgan fingerprint density at radius 3 is 1.26 bits per heavy atom. The van der Waals surface area contributed by atoms with Crippen molar-refractivity contribution in [2.24, 2.45) is 5.92 Å².